The molecule has 0 aliphatic carbocycles. The van der Waals surface area contributed by atoms with Crippen molar-refractivity contribution in [2.45, 2.75) is 32.1 Å². The lowest BCUT2D eigenvalue weighted by molar-refractivity contribution is -0.118. The Bertz CT molecular complexity index is 1380. The van der Waals surface area contributed by atoms with E-state index in [0.717, 1.165) is 21.3 Å². The van der Waals surface area contributed by atoms with Gasteiger partial charge in [0, 0.05) is 25.1 Å². The molecule has 206 valence electrons. The quantitative estimate of drug-likeness (QED) is 0.154. The van der Waals surface area contributed by atoms with Crippen LogP contribution in [0.5, 0.6) is 0 Å². The van der Waals surface area contributed by atoms with Crippen LogP contribution in [0.25, 0.3) is 0 Å². The Kier molecular flexibility index (Phi) is 10.2. The Labute approximate surface area is 222 Å². The predicted octanol–water partition coefficient (Wildman–Crippen LogP) is 1.72. The molecular formula is C26H28F3N7O3. The summed E-state index contributed by atoms with van der Waals surface area (Å²) >= 11 is 0. The number of benzene rings is 1. The SMILES string of the molecule is N/C(=C\N(N)CC(F)CCn1ccc(NC(=O)Cc2ccccc2)c(F)c1=O)C(=O)NCc1ncccc1F. The van der Waals surface area contributed by atoms with Gasteiger partial charge in [-0.15, -0.1) is 0 Å². The van der Waals surface area contributed by atoms with Crippen LogP contribution in [-0.4, -0.2) is 39.1 Å². The van der Waals surface area contributed by atoms with E-state index in [1.165, 1.54) is 30.6 Å². The summed E-state index contributed by atoms with van der Waals surface area (Å²) in [5.41, 5.74) is 4.77. The van der Waals surface area contributed by atoms with Crippen LogP contribution >= 0.6 is 0 Å². The summed E-state index contributed by atoms with van der Waals surface area (Å²) in [6.07, 6.45) is 1.87. The van der Waals surface area contributed by atoms with Crippen molar-refractivity contribution < 1.29 is 22.8 Å². The third-order valence-electron chi connectivity index (χ3n) is 5.50. The molecule has 39 heavy (non-hydrogen) atoms. The van der Waals surface area contributed by atoms with Gasteiger partial charge in [-0.2, -0.15) is 4.39 Å². The van der Waals surface area contributed by atoms with Crippen molar-refractivity contribution in [1.82, 2.24) is 19.9 Å². The van der Waals surface area contributed by atoms with Crippen LogP contribution in [0.3, 0.4) is 0 Å². The molecule has 1 unspecified atom stereocenters. The van der Waals surface area contributed by atoms with Crippen LogP contribution in [0.4, 0.5) is 18.9 Å². The fourth-order valence-corrected chi connectivity index (χ4v) is 3.50. The molecule has 0 aliphatic rings. The van der Waals surface area contributed by atoms with Crippen molar-refractivity contribution in [2.24, 2.45) is 11.6 Å². The average molecular weight is 544 g/mol. The average Bonchev–Trinajstić information content (AvgIpc) is 2.90. The van der Waals surface area contributed by atoms with E-state index < -0.39 is 35.2 Å². The van der Waals surface area contributed by atoms with Crippen molar-refractivity contribution in [3.63, 3.8) is 0 Å². The predicted molar refractivity (Wildman–Crippen MR) is 138 cm³/mol. The van der Waals surface area contributed by atoms with Crippen molar-refractivity contribution in [1.29, 1.82) is 0 Å². The maximum Gasteiger partial charge on any atom is 0.288 e. The maximum absolute atomic E-state index is 14.6. The van der Waals surface area contributed by atoms with Gasteiger partial charge in [0.15, 0.2) is 0 Å². The number of anilines is 1. The lowest BCUT2D eigenvalue weighted by atomic mass is 10.1. The van der Waals surface area contributed by atoms with Crippen molar-refractivity contribution in [2.75, 3.05) is 11.9 Å². The van der Waals surface area contributed by atoms with E-state index in [0.29, 0.717) is 0 Å². The van der Waals surface area contributed by atoms with Crippen LogP contribution in [-0.2, 0) is 29.1 Å². The Balaban J connectivity index is 1.48. The van der Waals surface area contributed by atoms with Gasteiger partial charge in [0.05, 0.1) is 30.9 Å². The highest BCUT2D eigenvalue weighted by atomic mass is 19.1. The minimum Gasteiger partial charge on any atom is -0.393 e. The number of hydrogen-bond donors (Lipinski definition) is 4. The molecule has 0 aliphatic heterocycles. The minimum absolute atomic E-state index is 0.00584. The molecule has 0 saturated heterocycles. The third kappa shape index (κ3) is 8.71. The number of alkyl halides is 1. The molecule has 1 atom stereocenters. The van der Waals surface area contributed by atoms with Gasteiger partial charge >= 0.3 is 0 Å². The molecule has 13 heteroatoms. The molecule has 2 heterocycles. The summed E-state index contributed by atoms with van der Waals surface area (Å²) in [5.74, 6) is 2.69. The van der Waals surface area contributed by atoms with Gasteiger partial charge in [-0.1, -0.05) is 30.3 Å². The summed E-state index contributed by atoms with van der Waals surface area (Å²) < 4.78 is 43.6. The third-order valence-corrected chi connectivity index (χ3v) is 5.50. The zero-order valence-corrected chi connectivity index (χ0v) is 20.8. The number of halogens is 3. The molecule has 0 bridgehead atoms. The van der Waals surface area contributed by atoms with E-state index in [1.807, 2.05) is 0 Å². The molecule has 2 aromatic heterocycles. The number of hydrogen-bond acceptors (Lipinski definition) is 7. The molecule has 0 radical (unpaired) electrons. The van der Waals surface area contributed by atoms with Crippen molar-refractivity contribution in [3.05, 3.63) is 106 Å². The molecule has 0 fully saturated rings. The number of amides is 2. The Morgan fingerprint density at radius 3 is 2.59 bits per heavy atom. The highest BCUT2D eigenvalue weighted by Gasteiger charge is 2.16. The first-order valence-electron chi connectivity index (χ1n) is 11.9. The van der Waals surface area contributed by atoms with Gasteiger partial charge in [-0.05, 0) is 30.2 Å². The summed E-state index contributed by atoms with van der Waals surface area (Å²) in [6, 6.07) is 12.6. The maximum atomic E-state index is 14.6. The molecular weight excluding hydrogens is 515 g/mol. The molecule has 6 N–H and O–H groups in total. The first-order valence-corrected chi connectivity index (χ1v) is 11.9. The molecule has 1 aromatic carbocycles. The standard InChI is InChI=1S/C26H28F3N7O3/c27-18(15-36(31)16-20(30)25(38)33-14-22-19(28)7-4-10-32-22)8-11-35-12-9-21(24(29)26(35)39)34-23(37)13-17-5-2-1-3-6-17/h1-7,9-10,12,16,18H,8,11,13-15,30-31H2,(H,33,38)(H,34,37)/b20-16-. The highest BCUT2D eigenvalue weighted by molar-refractivity contribution is 5.92. The lowest BCUT2D eigenvalue weighted by Crippen LogP contribution is -2.36. The van der Waals surface area contributed by atoms with Gasteiger partial charge in [0.2, 0.25) is 11.7 Å². The minimum atomic E-state index is -1.56. The zero-order valence-electron chi connectivity index (χ0n) is 20.8. The Morgan fingerprint density at radius 2 is 1.87 bits per heavy atom. The summed E-state index contributed by atoms with van der Waals surface area (Å²) in [6.45, 7) is -0.761. The fraction of sp³-hybridized carbons (Fsp3) is 0.231. The zero-order chi connectivity index (χ0) is 28.4. The van der Waals surface area contributed by atoms with E-state index in [4.69, 9.17) is 11.6 Å². The number of carbonyl (C=O) groups is 2. The van der Waals surface area contributed by atoms with E-state index in [9.17, 15) is 27.6 Å². The molecule has 3 aromatic rings. The number of pyridine rings is 2. The van der Waals surface area contributed by atoms with E-state index in [2.05, 4.69) is 15.6 Å². The summed E-state index contributed by atoms with van der Waals surface area (Å²) in [4.78, 5) is 40.4. The molecule has 3 rings (SSSR count). The normalized spacial score (nSPS) is 12.1. The number of hydrazine groups is 1. The van der Waals surface area contributed by atoms with Crippen LogP contribution in [0.1, 0.15) is 17.7 Å². The number of nitrogens with two attached hydrogens (primary N) is 2. The van der Waals surface area contributed by atoms with Gasteiger partial charge in [-0.25, -0.2) is 14.6 Å². The number of aryl methyl sites for hydroxylation is 1. The molecule has 10 nitrogen and oxygen atoms in total. The summed E-state index contributed by atoms with van der Waals surface area (Å²) in [5, 5.41) is 5.60. The smallest absolute Gasteiger partial charge is 0.288 e. The van der Waals surface area contributed by atoms with E-state index in [1.54, 1.807) is 30.3 Å². The number of rotatable bonds is 12. The number of nitrogens with one attached hydrogen (secondary N) is 2. The van der Waals surface area contributed by atoms with Crippen LogP contribution < -0.4 is 27.8 Å². The number of aromatic nitrogens is 2. The second-order valence-electron chi connectivity index (χ2n) is 8.53. The van der Waals surface area contributed by atoms with Crippen molar-refractivity contribution in [3.8, 4) is 0 Å². The van der Waals surface area contributed by atoms with Gasteiger partial charge in [0.25, 0.3) is 11.5 Å². The van der Waals surface area contributed by atoms with Crippen LogP contribution in [0, 0.1) is 11.6 Å². The van der Waals surface area contributed by atoms with Crippen LogP contribution in [0.15, 0.2) is 77.6 Å². The molecule has 2 amide bonds. The first kappa shape index (κ1) is 28.9. The molecule has 0 saturated carbocycles. The number of nitrogens with zero attached hydrogens (tertiary/aromatic N) is 3. The lowest BCUT2D eigenvalue weighted by Gasteiger charge is -2.18. The second kappa shape index (κ2) is 13.8. The first-order chi connectivity index (χ1) is 18.6. The second-order valence-corrected chi connectivity index (χ2v) is 8.53. The topological polar surface area (TPSA) is 148 Å². The van der Waals surface area contributed by atoms with Gasteiger partial charge in [0.1, 0.15) is 17.7 Å². The Hall–Kier alpha value is -4.65. The fourth-order valence-electron chi connectivity index (χ4n) is 3.50. The van der Waals surface area contributed by atoms with Crippen molar-refractivity contribution >= 4 is 17.5 Å². The van der Waals surface area contributed by atoms with E-state index in [-0.39, 0.29) is 49.6 Å². The molecule has 0 spiro atoms. The number of carbonyl (C=O) groups excluding carboxylic acids is 2. The van der Waals surface area contributed by atoms with Gasteiger partial charge < -0.3 is 25.9 Å². The Morgan fingerprint density at radius 1 is 1.13 bits per heavy atom. The monoisotopic (exact) mass is 543 g/mol. The summed E-state index contributed by atoms with van der Waals surface area (Å²) in [7, 11) is 0. The largest absolute Gasteiger partial charge is 0.393 e. The van der Waals surface area contributed by atoms with Gasteiger partial charge in [-0.3, -0.25) is 19.4 Å². The van der Waals surface area contributed by atoms with Crippen LogP contribution in [0.2, 0.25) is 0 Å². The highest BCUT2D eigenvalue weighted by Crippen LogP contribution is 2.11. The van der Waals surface area contributed by atoms with E-state index >= 15 is 0 Å².